The van der Waals surface area contributed by atoms with Gasteiger partial charge < -0.3 is 9.84 Å². The van der Waals surface area contributed by atoms with Crippen molar-refractivity contribution in [2.24, 2.45) is 5.92 Å². The highest BCUT2D eigenvalue weighted by atomic mass is 19.4. The number of halogens is 3. The van der Waals surface area contributed by atoms with E-state index in [2.05, 4.69) is 4.98 Å². The number of rotatable bonds is 3. The van der Waals surface area contributed by atoms with Crippen molar-refractivity contribution in [2.75, 3.05) is 0 Å². The fourth-order valence-electron chi connectivity index (χ4n) is 2.45. The molecule has 0 amide bonds. The SMILES string of the molecule is CC1CCCCC1Oc1nc(C(F)(F)F)ccc1C(=O)O. The van der Waals surface area contributed by atoms with E-state index in [4.69, 9.17) is 9.84 Å². The van der Waals surface area contributed by atoms with Gasteiger partial charge in [0.05, 0.1) is 0 Å². The Morgan fingerprint density at radius 2 is 2.00 bits per heavy atom. The lowest BCUT2D eigenvalue weighted by atomic mass is 9.88. The van der Waals surface area contributed by atoms with E-state index >= 15 is 0 Å². The number of pyridine rings is 1. The second-order valence-electron chi connectivity index (χ2n) is 5.27. The van der Waals surface area contributed by atoms with Crippen molar-refractivity contribution in [3.63, 3.8) is 0 Å². The maximum absolute atomic E-state index is 12.7. The summed E-state index contributed by atoms with van der Waals surface area (Å²) in [5.74, 6) is -1.64. The molecule has 1 saturated carbocycles. The molecule has 1 fully saturated rings. The molecule has 4 nitrogen and oxygen atoms in total. The third kappa shape index (κ3) is 3.65. The Labute approximate surface area is 119 Å². The van der Waals surface area contributed by atoms with E-state index in [1.54, 1.807) is 0 Å². The van der Waals surface area contributed by atoms with Crippen LogP contribution in [0.2, 0.25) is 0 Å². The van der Waals surface area contributed by atoms with Gasteiger partial charge in [-0.2, -0.15) is 13.2 Å². The second-order valence-corrected chi connectivity index (χ2v) is 5.27. The predicted octanol–water partition coefficient (Wildman–Crippen LogP) is 3.76. The van der Waals surface area contributed by atoms with Crippen LogP contribution < -0.4 is 4.74 Å². The summed E-state index contributed by atoms with van der Waals surface area (Å²) in [6.45, 7) is 1.94. The Balaban J connectivity index is 2.32. The lowest BCUT2D eigenvalue weighted by molar-refractivity contribution is -0.141. The van der Waals surface area contributed by atoms with Gasteiger partial charge in [-0.15, -0.1) is 0 Å². The summed E-state index contributed by atoms with van der Waals surface area (Å²) in [4.78, 5) is 14.5. The number of carboxylic acid groups (broad SMARTS) is 1. The van der Waals surface area contributed by atoms with Crippen LogP contribution in [0.25, 0.3) is 0 Å². The number of aromatic nitrogens is 1. The van der Waals surface area contributed by atoms with Crippen LogP contribution in [0.15, 0.2) is 12.1 Å². The van der Waals surface area contributed by atoms with E-state index in [9.17, 15) is 18.0 Å². The van der Waals surface area contributed by atoms with Crippen LogP contribution in [0.5, 0.6) is 5.88 Å². The minimum absolute atomic E-state index is 0.164. The molecule has 1 aliphatic carbocycles. The highest BCUT2D eigenvalue weighted by Crippen LogP contribution is 2.33. The van der Waals surface area contributed by atoms with Crippen molar-refractivity contribution in [1.82, 2.24) is 4.98 Å². The van der Waals surface area contributed by atoms with E-state index in [0.29, 0.717) is 12.5 Å². The predicted molar refractivity (Wildman–Crippen MR) is 68.2 cm³/mol. The number of hydrogen-bond donors (Lipinski definition) is 1. The van der Waals surface area contributed by atoms with E-state index < -0.39 is 23.7 Å². The number of ether oxygens (including phenoxy) is 1. The van der Waals surface area contributed by atoms with Crippen LogP contribution >= 0.6 is 0 Å². The van der Waals surface area contributed by atoms with Crippen molar-refractivity contribution in [2.45, 2.75) is 44.9 Å². The molecule has 0 aliphatic heterocycles. The first-order chi connectivity index (χ1) is 9.79. The van der Waals surface area contributed by atoms with Crippen LogP contribution in [0, 0.1) is 5.92 Å². The Kier molecular flexibility index (Phi) is 4.39. The first-order valence-corrected chi connectivity index (χ1v) is 6.77. The third-order valence-electron chi connectivity index (χ3n) is 3.68. The molecular weight excluding hydrogens is 287 g/mol. The van der Waals surface area contributed by atoms with E-state index in [1.165, 1.54) is 0 Å². The van der Waals surface area contributed by atoms with Gasteiger partial charge >= 0.3 is 12.1 Å². The van der Waals surface area contributed by atoms with Crippen molar-refractivity contribution < 1.29 is 27.8 Å². The molecule has 1 aliphatic rings. The molecule has 1 aromatic heterocycles. The number of carboxylic acids is 1. The lowest BCUT2D eigenvalue weighted by Crippen LogP contribution is -2.29. The molecule has 2 rings (SSSR count). The normalized spacial score (nSPS) is 22.9. The molecule has 116 valence electrons. The molecule has 21 heavy (non-hydrogen) atoms. The lowest BCUT2D eigenvalue weighted by Gasteiger charge is -2.29. The van der Waals surface area contributed by atoms with Gasteiger partial charge in [0, 0.05) is 0 Å². The minimum Gasteiger partial charge on any atom is -0.477 e. The molecule has 2 unspecified atom stereocenters. The highest BCUT2D eigenvalue weighted by molar-refractivity contribution is 5.90. The highest BCUT2D eigenvalue weighted by Gasteiger charge is 2.34. The average molecular weight is 303 g/mol. The summed E-state index contributed by atoms with van der Waals surface area (Å²) in [5, 5.41) is 9.05. The standard InChI is InChI=1S/C14H16F3NO3/c1-8-4-2-3-5-10(8)21-12-9(13(19)20)6-7-11(18-12)14(15,16)17/h6-8,10H,2-5H2,1H3,(H,19,20). The average Bonchev–Trinajstić information content (AvgIpc) is 2.40. The number of aromatic carboxylic acids is 1. The number of alkyl halides is 3. The summed E-state index contributed by atoms with van der Waals surface area (Å²) in [7, 11) is 0. The van der Waals surface area contributed by atoms with Gasteiger partial charge in [-0.05, 0) is 37.3 Å². The largest absolute Gasteiger partial charge is 0.477 e. The fourth-order valence-corrected chi connectivity index (χ4v) is 2.45. The van der Waals surface area contributed by atoms with Gasteiger partial charge in [-0.1, -0.05) is 13.3 Å². The molecule has 7 heteroatoms. The van der Waals surface area contributed by atoms with Crippen molar-refractivity contribution in [3.8, 4) is 5.88 Å². The Bertz CT molecular complexity index is 531. The van der Waals surface area contributed by atoms with Crippen LogP contribution in [0.1, 0.15) is 48.7 Å². The molecule has 0 bridgehead atoms. The van der Waals surface area contributed by atoms with E-state index in [1.807, 2.05) is 6.92 Å². The van der Waals surface area contributed by atoms with Crippen LogP contribution in [0.4, 0.5) is 13.2 Å². The maximum Gasteiger partial charge on any atom is 0.433 e. The smallest absolute Gasteiger partial charge is 0.433 e. The Hall–Kier alpha value is -1.79. The number of hydrogen-bond acceptors (Lipinski definition) is 3. The summed E-state index contributed by atoms with van der Waals surface area (Å²) >= 11 is 0. The van der Waals surface area contributed by atoms with Crippen molar-refractivity contribution >= 4 is 5.97 Å². The minimum atomic E-state index is -4.63. The second kappa shape index (κ2) is 5.91. The Morgan fingerprint density at radius 1 is 1.33 bits per heavy atom. The van der Waals surface area contributed by atoms with E-state index in [0.717, 1.165) is 25.3 Å². The van der Waals surface area contributed by atoms with Crippen molar-refractivity contribution in [3.05, 3.63) is 23.4 Å². The molecule has 1 N–H and O–H groups in total. The first kappa shape index (κ1) is 15.6. The zero-order valence-corrected chi connectivity index (χ0v) is 11.5. The summed E-state index contributed by atoms with van der Waals surface area (Å²) in [5.41, 5.74) is -1.49. The number of carbonyl (C=O) groups is 1. The molecule has 1 heterocycles. The molecule has 2 atom stereocenters. The fraction of sp³-hybridized carbons (Fsp3) is 0.571. The molecular formula is C14H16F3NO3. The molecule has 0 aromatic carbocycles. The zero-order chi connectivity index (χ0) is 15.6. The number of nitrogens with zero attached hydrogens (tertiary/aromatic N) is 1. The maximum atomic E-state index is 12.7. The Morgan fingerprint density at radius 3 is 2.57 bits per heavy atom. The summed E-state index contributed by atoms with van der Waals surface area (Å²) < 4.78 is 43.6. The van der Waals surface area contributed by atoms with Gasteiger partial charge in [-0.3, -0.25) is 0 Å². The van der Waals surface area contributed by atoms with E-state index in [-0.39, 0.29) is 17.6 Å². The van der Waals surface area contributed by atoms with Crippen molar-refractivity contribution in [1.29, 1.82) is 0 Å². The van der Waals surface area contributed by atoms with Gasteiger partial charge in [0.25, 0.3) is 0 Å². The monoisotopic (exact) mass is 303 g/mol. The summed E-state index contributed by atoms with van der Waals surface area (Å²) in [6.07, 6.45) is -1.37. The summed E-state index contributed by atoms with van der Waals surface area (Å²) in [6, 6.07) is 1.54. The van der Waals surface area contributed by atoms with Crippen LogP contribution in [-0.2, 0) is 6.18 Å². The molecule has 0 spiro atoms. The molecule has 1 aromatic rings. The quantitative estimate of drug-likeness (QED) is 0.923. The van der Waals surface area contributed by atoms with Gasteiger partial charge in [0.2, 0.25) is 5.88 Å². The first-order valence-electron chi connectivity index (χ1n) is 6.77. The third-order valence-corrected chi connectivity index (χ3v) is 3.68. The molecule has 0 saturated heterocycles. The van der Waals surface area contributed by atoms with Crippen LogP contribution in [-0.4, -0.2) is 22.2 Å². The van der Waals surface area contributed by atoms with Gasteiger partial charge in [0.15, 0.2) is 0 Å². The zero-order valence-electron chi connectivity index (χ0n) is 11.5. The molecule has 0 radical (unpaired) electrons. The van der Waals surface area contributed by atoms with Gasteiger partial charge in [0.1, 0.15) is 17.4 Å². The van der Waals surface area contributed by atoms with Crippen LogP contribution in [0.3, 0.4) is 0 Å². The van der Waals surface area contributed by atoms with Gasteiger partial charge in [-0.25, -0.2) is 9.78 Å². The topological polar surface area (TPSA) is 59.4 Å².